The van der Waals surface area contributed by atoms with Crippen LogP contribution >= 0.6 is 0 Å². The number of guanidine groups is 1. The summed E-state index contributed by atoms with van der Waals surface area (Å²) in [6, 6.07) is 0. The molecular formula is C19H34N4O2. The molecule has 0 bridgehead atoms. The molecule has 0 radical (unpaired) electrons. The molecule has 0 unspecified atom stereocenters. The average molecular weight is 351 g/mol. The summed E-state index contributed by atoms with van der Waals surface area (Å²) in [6.45, 7) is 9.39. The van der Waals surface area contributed by atoms with Crippen molar-refractivity contribution in [3.05, 3.63) is 17.0 Å². The predicted molar refractivity (Wildman–Crippen MR) is 101 cm³/mol. The van der Waals surface area contributed by atoms with Crippen molar-refractivity contribution in [1.82, 2.24) is 15.8 Å². The number of aliphatic imine (C=N–C) groups is 1. The molecule has 2 N–H and O–H groups in total. The number of aromatic nitrogens is 1. The van der Waals surface area contributed by atoms with Gasteiger partial charge in [-0.3, -0.25) is 0 Å². The second kappa shape index (κ2) is 11.1. The molecule has 1 fully saturated rings. The molecule has 25 heavy (non-hydrogen) atoms. The van der Waals surface area contributed by atoms with E-state index in [0.29, 0.717) is 12.6 Å². The van der Waals surface area contributed by atoms with Crippen LogP contribution in [-0.4, -0.2) is 36.9 Å². The summed E-state index contributed by atoms with van der Waals surface area (Å²) in [5.74, 6) is 1.79. The van der Waals surface area contributed by atoms with Gasteiger partial charge < -0.3 is 19.9 Å². The van der Waals surface area contributed by atoms with Gasteiger partial charge in [-0.2, -0.15) is 0 Å². The first kappa shape index (κ1) is 19.8. The Bertz CT molecular complexity index is 500. The zero-order chi connectivity index (χ0) is 17.9. The van der Waals surface area contributed by atoms with E-state index in [4.69, 9.17) is 14.3 Å². The Morgan fingerprint density at radius 3 is 2.68 bits per heavy atom. The van der Waals surface area contributed by atoms with E-state index in [1.165, 1.54) is 25.7 Å². The van der Waals surface area contributed by atoms with E-state index in [1.54, 1.807) is 0 Å². The first-order valence-electron chi connectivity index (χ1n) is 9.88. The highest BCUT2D eigenvalue weighted by atomic mass is 16.5. The Hall–Kier alpha value is -1.56. The zero-order valence-electron chi connectivity index (χ0n) is 16.1. The van der Waals surface area contributed by atoms with Crippen LogP contribution in [0.25, 0.3) is 0 Å². The van der Waals surface area contributed by atoms with Crippen molar-refractivity contribution in [2.24, 2.45) is 4.99 Å². The molecule has 1 aliphatic rings. The highest BCUT2D eigenvalue weighted by molar-refractivity contribution is 5.79. The minimum Gasteiger partial charge on any atom is -0.378 e. The quantitative estimate of drug-likeness (QED) is 0.385. The van der Waals surface area contributed by atoms with Gasteiger partial charge in [-0.15, -0.1) is 0 Å². The average Bonchev–Trinajstić information content (AvgIpc) is 3.28. The molecule has 1 aromatic rings. The molecule has 0 amide bonds. The number of hydrogen-bond acceptors (Lipinski definition) is 4. The van der Waals surface area contributed by atoms with E-state index in [2.05, 4.69) is 36.6 Å². The Labute approximate surface area is 151 Å². The third-order valence-corrected chi connectivity index (χ3v) is 4.62. The molecule has 1 heterocycles. The summed E-state index contributed by atoms with van der Waals surface area (Å²) >= 11 is 0. The maximum absolute atomic E-state index is 5.90. The first-order valence-corrected chi connectivity index (χ1v) is 9.88. The van der Waals surface area contributed by atoms with Crippen LogP contribution in [0.4, 0.5) is 0 Å². The van der Waals surface area contributed by atoms with Crippen LogP contribution in [0.15, 0.2) is 9.52 Å². The fourth-order valence-corrected chi connectivity index (χ4v) is 3.20. The summed E-state index contributed by atoms with van der Waals surface area (Å²) in [7, 11) is 0. The summed E-state index contributed by atoms with van der Waals surface area (Å²) in [5, 5.41) is 10.8. The maximum atomic E-state index is 5.90. The van der Waals surface area contributed by atoms with Crippen molar-refractivity contribution in [2.75, 3.05) is 19.7 Å². The van der Waals surface area contributed by atoms with Gasteiger partial charge in [-0.05, 0) is 32.6 Å². The molecule has 0 saturated heterocycles. The molecule has 6 nitrogen and oxygen atoms in total. The van der Waals surface area contributed by atoms with Crippen LogP contribution in [0, 0.1) is 0 Å². The number of rotatable bonds is 10. The standard InChI is InChI=1S/C19H34N4O2/c1-4-17-16(18(5-2)25-23-17)14-22-19(20-6-3)21-12-9-13-24-15-10-7-8-11-15/h15H,4-14H2,1-3H3,(H2,20,21,22). The molecule has 2 rings (SSSR count). The fourth-order valence-electron chi connectivity index (χ4n) is 3.20. The lowest BCUT2D eigenvalue weighted by molar-refractivity contribution is 0.0574. The van der Waals surface area contributed by atoms with Crippen LogP contribution in [0.1, 0.15) is 69.9 Å². The van der Waals surface area contributed by atoms with Crippen molar-refractivity contribution >= 4 is 5.96 Å². The Morgan fingerprint density at radius 1 is 1.20 bits per heavy atom. The lowest BCUT2D eigenvalue weighted by Crippen LogP contribution is -2.38. The van der Waals surface area contributed by atoms with E-state index in [1.807, 2.05) is 0 Å². The number of hydrogen-bond donors (Lipinski definition) is 2. The van der Waals surface area contributed by atoms with Crippen LogP contribution in [-0.2, 0) is 24.1 Å². The monoisotopic (exact) mass is 350 g/mol. The zero-order valence-corrected chi connectivity index (χ0v) is 16.1. The summed E-state index contributed by atoms with van der Waals surface area (Å²) in [5.41, 5.74) is 2.15. The van der Waals surface area contributed by atoms with Gasteiger partial charge in [0.2, 0.25) is 0 Å². The molecular weight excluding hydrogens is 316 g/mol. The third-order valence-electron chi connectivity index (χ3n) is 4.62. The number of ether oxygens (including phenoxy) is 1. The molecule has 1 aromatic heterocycles. The van der Waals surface area contributed by atoms with E-state index in [0.717, 1.165) is 61.9 Å². The van der Waals surface area contributed by atoms with Gasteiger partial charge in [0, 0.05) is 31.7 Å². The Morgan fingerprint density at radius 2 is 2.00 bits per heavy atom. The molecule has 6 heteroatoms. The Kier molecular flexibility index (Phi) is 8.80. The largest absolute Gasteiger partial charge is 0.378 e. The van der Waals surface area contributed by atoms with E-state index in [-0.39, 0.29) is 0 Å². The van der Waals surface area contributed by atoms with Gasteiger partial charge in [0.1, 0.15) is 5.76 Å². The van der Waals surface area contributed by atoms with Gasteiger partial charge in [0.05, 0.1) is 18.3 Å². The van der Waals surface area contributed by atoms with Gasteiger partial charge in [-0.25, -0.2) is 4.99 Å². The molecule has 0 aromatic carbocycles. The van der Waals surface area contributed by atoms with Crippen molar-refractivity contribution < 1.29 is 9.26 Å². The minimum absolute atomic E-state index is 0.496. The number of nitrogens with zero attached hydrogens (tertiary/aromatic N) is 2. The highest BCUT2D eigenvalue weighted by Gasteiger charge is 2.15. The molecule has 0 spiro atoms. The van der Waals surface area contributed by atoms with Crippen LogP contribution in [0.2, 0.25) is 0 Å². The number of aryl methyl sites for hydroxylation is 2. The van der Waals surface area contributed by atoms with Gasteiger partial charge in [0.25, 0.3) is 0 Å². The van der Waals surface area contributed by atoms with Gasteiger partial charge in [0.15, 0.2) is 5.96 Å². The maximum Gasteiger partial charge on any atom is 0.191 e. The fraction of sp³-hybridized carbons (Fsp3) is 0.789. The van der Waals surface area contributed by atoms with Crippen LogP contribution < -0.4 is 10.6 Å². The third kappa shape index (κ3) is 6.34. The molecule has 0 atom stereocenters. The lowest BCUT2D eigenvalue weighted by atomic mass is 10.1. The van der Waals surface area contributed by atoms with E-state index in [9.17, 15) is 0 Å². The van der Waals surface area contributed by atoms with Crippen molar-refractivity contribution in [1.29, 1.82) is 0 Å². The lowest BCUT2D eigenvalue weighted by Gasteiger charge is -2.13. The number of nitrogens with one attached hydrogen (secondary N) is 2. The van der Waals surface area contributed by atoms with Crippen LogP contribution in [0.5, 0.6) is 0 Å². The van der Waals surface area contributed by atoms with E-state index < -0.39 is 0 Å². The molecule has 142 valence electrons. The first-order chi connectivity index (χ1) is 12.3. The van der Waals surface area contributed by atoms with Crippen molar-refractivity contribution in [2.45, 2.75) is 78.4 Å². The highest BCUT2D eigenvalue weighted by Crippen LogP contribution is 2.20. The van der Waals surface area contributed by atoms with Gasteiger partial charge >= 0.3 is 0 Å². The normalized spacial score (nSPS) is 15.7. The van der Waals surface area contributed by atoms with Gasteiger partial charge in [-0.1, -0.05) is 31.8 Å². The molecule has 0 aliphatic heterocycles. The van der Waals surface area contributed by atoms with Crippen LogP contribution in [0.3, 0.4) is 0 Å². The van der Waals surface area contributed by atoms with Crippen molar-refractivity contribution in [3.63, 3.8) is 0 Å². The van der Waals surface area contributed by atoms with Crippen molar-refractivity contribution in [3.8, 4) is 0 Å². The Balaban J connectivity index is 1.78. The topological polar surface area (TPSA) is 71.7 Å². The summed E-state index contributed by atoms with van der Waals surface area (Å²) in [4.78, 5) is 4.70. The smallest absolute Gasteiger partial charge is 0.191 e. The second-order valence-corrected chi connectivity index (χ2v) is 6.49. The predicted octanol–water partition coefficient (Wildman–Crippen LogP) is 3.20. The summed E-state index contributed by atoms with van der Waals surface area (Å²) < 4.78 is 11.3. The molecule has 1 aliphatic carbocycles. The molecule has 1 saturated carbocycles. The minimum atomic E-state index is 0.496. The SMILES string of the molecule is CCNC(=NCc1c(CC)noc1CC)NCCCOC1CCCC1. The second-order valence-electron chi connectivity index (χ2n) is 6.49. The summed E-state index contributed by atoms with van der Waals surface area (Å²) in [6.07, 6.45) is 8.32. The van der Waals surface area contributed by atoms with E-state index >= 15 is 0 Å².